The van der Waals surface area contributed by atoms with Gasteiger partial charge in [-0.05, 0) is 39.0 Å². The molecule has 0 bridgehead atoms. The SMILES string of the molecule is CCn1c(SCC(=O)NCc2cn(-c3ccccc3)nc2C)nnc1-c1cccc(C)c1. The van der Waals surface area contributed by atoms with Crippen molar-refractivity contribution in [3.05, 3.63) is 77.6 Å². The van der Waals surface area contributed by atoms with Gasteiger partial charge in [0.05, 0.1) is 17.1 Å². The normalized spacial score (nSPS) is 11.0. The molecule has 0 spiro atoms. The molecule has 1 amide bonds. The minimum atomic E-state index is -0.0513. The maximum absolute atomic E-state index is 12.5. The molecule has 2 aromatic heterocycles. The third-order valence-corrected chi connectivity index (χ3v) is 6.11. The van der Waals surface area contributed by atoms with E-state index in [-0.39, 0.29) is 11.7 Å². The van der Waals surface area contributed by atoms with Crippen LogP contribution in [-0.4, -0.2) is 36.2 Å². The first-order valence-corrected chi connectivity index (χ1v) is 11.5. The van der Waals surface area contributed by atoms with Crippen LogP contribution in [0.3, 0.4) is 0 Å². The zero-order valence-corrected chi connectivity index (χ0v) is 19.3. The number of aromatic nitrogens is 5. The molecule has 164 valence electrons. The fraction of sp³-hybridized carbons (Fsp3) is 0.250. The maximum atomic E-state index is 12.5. The number of carbonyl (C=O) groups excluding carboxylic acids is 1. The monoisotopic (exact) mass is 446 g/mol. The van der Waals surface area contributed by atoms with Gasteiger partial charge in [0, 0.05) is 30.4 Å². The lowest BCUT2D eigenvalue weighted by Gasteiger charge is -2.08. The van der Waals surface area contributed by atoms with Gasteiger partial charge in [-0.25, -0.2) is 4.68 Å². The average molecular weight is 447 g/mol. The Morgan fingerprint density at radius 1 is 1.06 bits per heavy atom. The van der Waals surface area contributed by atoms with E-state index in [4.69, 9.17) is 0 Å². The van der Waals surface area contributed by atoms with Crippen molar-refractivity contribution in [1.82, 2.24) is 29.9 Å². The Morgan fingerprint density at radius 2 is 1.88 bits per heavy atom. The quantitative estimate of drug-likeness (QED) is 0.411. The number of nitrogens with zero attached hydrogens (tertiary/aromatic N) is 5. The second-order valence-electron chi connectivity index (χ2n) is 7.51. The molecular formula is C24H26N6OS. The minimum Gasteiger partial charge on any atom is -0.351 e. The summed E-state index contributed by atoms with van der Waals surface area (Å²) < 4.78 is 3.88. The molecule has 2 heterocycles. The number of benzene rings is 2. The topological polar surface area (TPSA) is 77.6 Å². The Bertz CT molecular complexity index is 1210. The first-order chi connectivity index (χ1) is 15.5. The van der Waals surface area contributed by atoms with E-state index >= 15 is 0 Å². The molecule has 8 heteroatoms. The van der Waals surface area contributed by atoms with Crippen LogP contribution in [0.1, 0.15) is 23.7 Å². The summed E-state index contributed by atoms with van der Waals surface area (Å²) in [5.74, 6) is 1.05. The summed E-state index contributed by atoms with van der Waals surface area (Å²) in [6.07, 6.45) is 1.96. The highest BCUT2D eigenvalue weighted by Crippen LogP contribution is 2.24. The van der Waals surface area contributed by atoms with Crippen molar-refractivity contribution in [1.29, 1.82) is 0 Å². The number of aryl methyl sites for hydroxylation is 2. The highest BCUT2D eigenvalue weighted by Gasteiger charge is 2.15. The number of hydrogen-bond acceptors (Lipinski definition) is 5. The number of rotatable bonds is 8. The van der Waals surface area contributed by atoms with Gasteiger partial charge in [0.2, 0.25) is 5.91 Å². The van der Waals surface area contributed by atoms with Crippen LogP contribution in [0, 0.1) is 13.8 Å². The van der Waals surface area contributed by atoms with Gasteiger partial charge in [-0.2, -0.15) is 5.10 Å². The molecule has 32 heavy (non-hydrogen) atoms. The Hall–Kier alpha value is -3.39. The third kappa shape index (κ3) is 4.91. The lowest BCUT2D eigenvalue weighted by molar-refractivity contribution is -0.118. The van der Waals surface area contributed by atoms with Crippen LogP contribution in [0.2, 0.25) is 0 Å². The molecule has 0 radical (unpaired) electrons. The van der Waals surface area contributed by atoms with Gasteiger partial charge in [0.25, 0.3) is 0 Å². The zero-order valence-electron chi connectivity index (χ0n) is 18.4. The maximum Gasteiger partial charge on any atom is 0.230 e. The van der Waals surface area contributed by atoms with Crippen molar-refractivity contribution in [2.75, 3.05) is 5.75 Å². The summed E-state index contributed by atoms with van der Waals surface area (Å²) >= 11 is 1.40. The van der Waals surface area contributed by atoms with Crippen LogP contribution < -0.4 is 5.32 Å². The summed E-state index contributed by atoms with van der Waals surface area (Å²) in [5, 5.41) is 17.0. The van der Waals surface area contributed by atoms with Gasteiger partial charge in [-0.3, -0.25) is 4.79 Å². The molecule has 0 unspecified atom stereocenters. The Labute approximate surface area is 191 Å². The average Bonchev–Trinajstić information content (AvgIpc) is 3.39. The fourth-order valence-corrected chi connectivity index (χ4v) is 4.27. The highest BCUT2D eigenvalue weighted by atomic mass is 32.2. The molecule has 0 aliphatic rings. The van der Waals surface area contributed by atoms with Crippen LogP contribution in [-0.2, 0) is 17.9 Å². The van der Waals surface area contributed by atoms with Crippen LogP contribution >= 0.6 is 11.8 Å². The molecule has 2 aromatic carbocycles. The van der Waals surface area contributed by atoms with Crippen molar-refractivity contribution >= 4 is 17.7 Å². The van der Waals surface area contributed by atoms with E-state index in [1.807, 2.05) is 64.8 Å². The first-order valence-electron chi connectivity index (χ1n) is 10.6. The molecule has 7 nitrogen and oxygen atoms in total. The van der Waals surface area contributed by atoms with Gasteiger partial charge in [-0.15, -0.1) is 10.2 Å². The van der Waals surface area contributed by atoms with Gasteiger partial charge in [-0.1, -0.05) is 53.7 Å². The van der Waals surface area contributed by atoms with Crippen molar-refractivity contribution in [2.24, 2.45) is 0 Å². The molecule has 0 aliphatic heterocycles. The summed E-state index contributed by atoms with van der Waals surface area (Å²) in [5.41, 5.74) is 5.09. The van der Waals surface area contributed by atoms with E-state index in [1.54, 1.807) is 0 Å². The molecule has 0 saturated heterocycles. The second-order valence-corrected chi connectivity index (χ2v) is 8.45. The number of carbonyl (C=O) groups is 1. The largest absolute Gasteiger partial charge is 0.351 e. The van der Waals surface area contributed by atoms with Crippen LogP contribution in [0.4, 0.5) is 0 Å². The van der Waals surface area contributed by atoms with E-state index in [2.05, 4.69) is 46.6 Å². The number of nitrogens with one attached hydrogen (secondary N) is 1. The van der Waals surface area contributed by atoms with Gasteiger partial charge >= 0.3 is 0 Å². The fourth-order valence-electron chi connectivity index (χ4n) is 3.44. The molecule has 1 N–H and O–H groups in total. The Balaban J connectivity index is 1.36. The van der Waals surface area contributed by atoms with Crippen molar-refractivity contribution < 1.29 is 4.79 Å². The van der Waals surface area contributed by atoms with Crippen molar-refractivity contribution in [2.45, 2.75) is 39.0 Å². The number of hydrogen-bond donors (Lipinski definition) is 1. The van der Waals surface area contributed by atoms with Crippen molar-refractivity contribution in [3.8, 4) is 17.1 Å². The Kier molecular flexibility index (Phi) is 6.70. The van der Waals surface area contributed by atoms with Crippen molar-refractivity contribution in [3.63, 3.8) is 0 Å². The second kappa shape index (κ2) is 9.82. The molecule has 0 aliphatic carbocycles. The third-order valence-electron chi connectivity index (χ3n) is 5.14. The minimum absolute atomic E-state index is 0.0513. The number of thioether (sulfide) groups is 1. The highest BCUT2D eigenvalue weighted by molar-refractivity contribution is 7.99. The first kappa shape index (κ1) is 21.8. The van der Waals surface area contributed by atoms with E-state index in [1.165, 1.54) is 17.3 Å². The zero-order chi connectivity index (χ0) is 22.5. The summed E-state index contributed by atoms with van der Waals surface area (Å²) in [6.45, 7) is 7.23. The van der Waals surface area contributed by atoms with Gasteiger partial charge in [0.15, 0.2) is 11.0 Å². The molecule has 4 rings (SSSR count). The van der Waals surface area contributed by atoms with E-state index in [9.17, 15) is 4.79 Å². The van der Waals surface area contributed by atoms with Gasteiger partial charge < -0.3 is 9.88 Å². The predicted molar refractivity (Wildman–Crippen MR) is 127 cm³/mol. The summed E-state index contributed by atoms with van der Waals surface area (Å²) in [6, 6.07) is 18.1. The van der Waals surface area contributed by atoms with Crippen LogP contribution in [0.15, 0.2) is 66.0 Å². The molecular weight excluding hydrogens is 420 g/mol. The van der Waals surface area contributed by atoms with Crippen LogP contribution in [0.5, 0.6) is 0 Å². The standard InChI is InChI=1S/C24H26N6OS/c1-4-29-23(19-10-8-9-17(2)13-19)26-27-24(29)32-16-22(31)25-14-20-15-30(28-18(20)3)21-11-6-5-7-12-21/h5-13,15H,4,14,16H2,1-3H3,(H,25,31). The van der Waals surface area contributed by atoms with E-state index < -0.39 is 0 Å². The van der Waals surface area contributed by atoms with Gasteiger partial charge in [0.1, 0.15) is 0 Å². The predicted octanol–water partition coefficient (Wildman–Crippen LogP) is 4.18. The van der Waals surface area contributed by atoms with E-state index in [0.717, 1.165) is 40.0 Å². The number of para-hydroxylation sites is 1. The number of amides is 1. The molecule has 0 saturated carbocycles. The summed E-state index contributed by atoms with van der Waals surface area (Å²) in [4.78, 5) is 12.5. The summed E-state index contributed by atoms with van der Waals surface area (Å²) in [7, 11) is 0. The van der Waals surface area contributed by atoms with Crippen LogP contribution in [0.25, 0.3) is 17.1 Å². The molecule has 0 atom stereocenters. The molecule has 4 aromatic rings. The molecule has 0 fully saturated rings. The lowest BCUT2D eigenvalue weighted by atomic mass is 10.1. The lowest BCUT2D eigenvalue weighted by Crippen LogP contribution is -2.24. The Morgan fingerprint density at radius 3 is 2.62 bits per heavy atom. The smallest absolute Gasteiger partial charge is 0.230 e. The van der Waals surface area contributed by atoms with E-state index in [0.29, 0.717) is 6.54 Å².